The van der Waals surface area contributed by atoms with Crippen molar-refractivity contribution < 1.29 is 9.53 Å². The topological polar surface area (TPSA) is 26.3 Å². The second kappa shape index (κ2) is 3.56. The number of ketones is 1. The number of Topliss-reactive ketones (excluding diaryl/α,β-unsaturated/α-hetero) is 1. The van der Waals surface area contributed by atoms with Gasteiger partial charge in [-0.25, -0.2) is 0 Å². The van der Waals surface area contributed by atoms with Crippen molar-refractivity contribution in [2.24, 2.45) is 10.8 Å². The van der Waals surface area contributed by atoms with Crippen molar-refractivity contribution in [3.63, 3.8) is 0 Å². The molecule has 0 heterocycles. The Morgan fingerprint density at radius 2 is 1.67 bits per heavy atom. The Hall–Kier alpha value is -0.370. The van der Waals surface area contributed by atoms with Crippen molar-refractivity contribution in [1.82, 2.24) is 0 Å². The van der Waals surface area contributed by atoms with Crippen LogP contribution in [0.1, 0.15) is 34.6 Å². The molecule has 0 aromatic rings. The van der Waals surface area contributed by atoms with Gasteiger partial charge in [-0.3, -0.25) is 4.79 Å². The van der Waals surface area contributed by atoms with E-state index in [0.29, 0.717) is 6.61 Å². The molecule has 0 bridgehead atoms. The molecular weight excluding hydrogens is 152 g/mol. The molecule has 0 radical (unpaired) electrons. The fourth-order valence-electron chi connectivity index (χ4n) is 1.13. The van der Waals surface area contributed by atoms with Gasteiger partial charge in [0.15, 0.2) is 0 Å². The minimum Gasteiger partial charge on any atom is -0.384 e. The predicted molar refractivity (Wildman–Crippen MR) is 50.1 cm³/mol. The molecule has 0 rings (SSSR count). The smallest absolute Gasteiger partial charge is 0.138 e. The summed E-state index contributed by atoms with van der Waals surface area (Å²) in [6, 6.07) is 0. The number of hydrogen-bond acceptors (Lipinski definition) is 2. The van der Waals surface area contributed by atoms with Gasteiger partial charge in [-0.1, -0.05) is 20.8 Å². The van der Waals surface area contributed by atoms with Gasteiger partial charge >= 0.3 is 0 Å². The first kappa shape index (κ1) is 11.6. The Morgan fingerprint density at radius 1 is 1.25 bits per heavy atom. The van der Waals surface area contributed by atoms with E-state index in [1.807, 2.05) is 6.92 Å². The lowest BCUT2D eigenvalue weighted by molar-refractivity contribution is -0.136. The van der Waals surface area contributed by atoms with E-state index in [4.69, 9.17) is 4.74 Å². The zero-order chi connectivity index (χ0) is 9.99. The monoisotopic (exact) mass is 172 g/mol. The number of carbonyl (C=O) groups excluding carboxylic acids is 1. The Balaban J connectivity index is 4.75. The van der Waals surface area contributed by atoms with Crippen LogP contribution in [0, 0.1) is 10.8 Å². The van der Waals surface area contributed by atoms with Gasteiger partial charge in [0.25, 0.3) is 0 Å². The molecule has 1 unspecified atom stereocenters. The van der Waals surface area contributed by atoms with E-state index < -0.39 is 0 Å². The molecule has 0 amide bonds. The molecule has 0 aliphatic rings. The van der Waals surface area contributed by atoms with Crippen molar-refractivity contribution in [1.29, 1.82) is 0 Å². The summed E-state index contributed by atoms with van der Waals surface area (Å²) >= 11 is 0. The summed E-state index contributed by atoms with van der Waals surface area (Å²) in [6.07, 6.45) is 0. The minimum absolute atomic E-state index is 0.0468. The van der Waals surface area contributed by atoms with Gasteiger partial charge in [0.1, 0.15) is 5.78 Å². The summed E-state index contributed by atoms with van der Waals surface area (Å²) in [5.41, 5.74) is -0.420. The molecule has 0 aliphatic carbocycles. The Morgan fingerprint density at radius 3 is 1.75 bits per heavy atom. The largest absolute Gasteiger partial charge is 0.384 e. The second-order valence-electron chi connectivity index (χ2n) is 4.57. The van der Waals surface area contributed by atoms with Crippen LogP contribution in [0.5, 0.6) is 0 Å². The van der Waals surface area contributed by atoms with Crippen LogP contribution in [-0.2, 0) is 9.53 Å². The third kappa shape index (κ3) is 2.07. The predicted octanol–water partition coefficient (Wildman–Crippen LogP) is 2.27. The summed E-state index contributed by atoms with van der Waals surface area (Å²) in [4.78, 5) is 11.4. The lowest BCUT2D eigenvalue weighted by atomic mass is 9.66. The van der Waals surface area contributed by atoms with Crippen molar-refractivity contribution in [3.05, 3.63) is 0 Å². The van der Waals surface area contributed by atoms with Crippen LogP contribution in [0.3, 0.4) is 0 Å². The van der Waals surface area contributed by atoms with Gasteiger partial charge in [0, 0.05) is 7.11 Å². The van der Waals surface area contributed by atoms with E-state index in [-0.39, 0.29) is 16.6 Å². The second-order valence-corrected chi connectivity index (χ2v) is 4.57. The molecule has 2 heteroatoms. The van der Waals surface area contributed by atoms with Crippen LogP contribution in [-0.4, -0.2) is 19.5 Å². The summed E-state index contributed by atoms with van der Waals surface area (Å²) in [5, 5.41) is 0. The third-order valence-corrected chi connectivity index (χ3v) is 2.87. The molecule has 1 atom stereocenters. The standard InChI is InChI=1S/C10H20O2/c1-8(11)10(5,7-12-6)9(2,3)4/h7H2,1-6H3. The molecule has 0 saturated heterocycles. The van der Waals surface area contributed by atoms with Gasteiger partial charge in [-0.05, 0) is 19.3 Å². The van der Waals surface area contributed by atoms with Crippen molar-refractivity contribution in [2.45, 2.75) is 34.6 Å². The number of carbonyl (C=O) groups is 1. The van der Waals surface area contributed by atoms with E-state index in [2.05, 4.69) is 20.8 Å². The van der Waals surface area contributed by atoms with Crippen molar-refractivity contribution in [2.75, 3.05) is 13.7 Å². The van der Waals surface area contributed by atoms with Crippen LogP contribution in [0.4, 0.5) is 0 Å². The lowest BCUT2D eigenvalue weighted by Crippen LogP contribution is -2.42. The van der Waals surface area contributed by atoms with E-state index in [0.717, 1.165) is 0 Å². The highest BCUT2D eigenvalue weighted by Gasteiger charge is 2.41. The van der Waals surface area contributed by atoms with E-state index in [1.54, 1.807) is 14.0 Å². The van der Waals surface area contributed by atoms with Gasteiger partial charge in [-0.15, -0.1) is 0 Å². The van der Waals surface area contributed by atoms with Gasteiger partial charge in [0.2, 0.25) is 0 Å². The molecule has 0 aliphatic heterocycles. The lowest BCUT2D eigenvalue weighted by Gasteiger charge is -2.39. The molecule has 0 N–H and O–H groups in total. The van der Waals surface area contributed by atoms with Crippen molar-refractivity contribution in [3.8, 4) is 0 Å². The summed E-state index contributed by atoms with van der Waals surface area (Å²) in [7, 11) is 1.63. The molecule has 2 nitrogen and oxygen atoms in total. The zero-order valence-corrected chi connectivity index (χ0v) is 9.02. The molecule has 0 aromatic heterocycles. The molecule has 0 aromatic carbocycles. The molecule has 0 spiro atoms. The van der Waals surface area contributed by atoms with Crippen LogP contribution >= 0.6 is 0 Å². The van der Waals surface area contributed by atoms with Crippen LogP contribution in [0.2, 0.25) is 0 Å². The fourth-order valence-corrected chi connectivity index (χ4v) is 1.13. The number of hydrogen-bond donors (Lipinski definition) is 0. The first-order valence-corrected chi connectivity index (χ1v) is 4.25. The molecule has 0 fully saturated rings. The van der Waals surface area contributed by atoms with Crippen molar-refractivity contribution >= 4 is 5.78 Å². The quantitative estimate of drug-likeness (QED) is 0.652. The Bertz CT molecular complexity index is 167. The fraction of sp³-hybridized carbons (Fsp3) is 0.900. The summed E-state index contributed by atoms with van der Waals surface area (Å²) in [6.45, 7) is 10.3. The average Bonchev–Trinajstić information content (AvgIpc) is 1.85. The Kier molecular flexibility index (Phi) is 3.45. The van der Waals surface area contributed by atoms with E-state index in [1.165, 1.54) is 0 Å². The van der Waals surface area contributed by atoms with Gasteiger partial charge < -0.3 is 4.74 Å². The van der Waals surface area contributed by atoms with Crippen LogP contribution < -0.4 is 0 Å². The Labute approximate surface area is 75.3 Å². The van der Waals surface area contributed by atoms with Crippen LogP contribution in [0.25, 0.3) is 0 Å². The molecule has 0 saturated carbocycles. The first-order chi connectivity index (χ1) is 5.25. The highest BCUT2D eigenvalue weighted by atomic mass is 16.5. The van der Waals surface area contributed by atoms with Gasteiger partial charge in [-0.2, -0.15) is 0 Å². The number of ether oxygens (including phenoxy) is 1. The zero-order valence-electron chi connectivity index (χ0n) is 9.02. The summed E-state index contributed by atoms with van der Waals surface area (Å²) in [5.74, 6) is 0.192. The third-order valence-electron chi connectivity index (χ3n) is 2.87. The number of rotatable bonds is 3. The maximum Gasteiger partial charge on any atom is 0.138 e. The molecule has 72 valence electrons. The van der Waals surface area contributed by atoms with E-state index in [9.17, 15) is 4.79 Å². The minimum atomic E-state index is -0.373. The van der Waals surface area contributed by atoms with E-state index >= 15 is 0 Å². The highest BCUT2D eigenvalue weighted by Crippen LogP contribution is 2.39. The SMILES string of the molecule is COCC(C)(C(C)=O)C(C)(C)C. The average molecular weight is 172 g/mol. The number of methoxy groups -OCH3 is 1. The normalized spacial score (nSPS) is 17.2. The maximum atomic E-state index is 11.4. The van der Waals surface area contributed by atoms with Gasteiger partial charge in [0.05, 0.1) is 12.0 Å². The highest BCUT2D eigenvalue weighted by molar-refractivity contribution is 5.82. The molecular formula is C10H20O2. The summed E-state index contributed by atoms with van der Waals surface area (Å²) < 4.78 is 5.07. The van der Waals surface area contributed by atoms with Crippen LogP contribution in [0.15, 0.2) is 0 Å². The maximum absolute atomic E-state index is 11.4. The molecule has 12 heavy (non-hydrogen) atoms. The first-order valence-electron chi connectivity index (χ1n) is 4.25.